The van der Waals surface area contributed by atoms with Crippen molar-refractivity contribution in [3.63, 3.8) is 0 Å². The van der Waals surface area contributed by atoms with Crippen molar-refractivity contribution in [2.75, 3.05) is 6.61 Å². The van der Waals surface area contributed by atoms with Crippen molar-refractivity contribution < 1.29 is 4.74 Å². The molecule has 1 fully saturated rings. The number of aromatic nitrogens is 5. The average molecular weight is 487 g/mol. The first-order chi connectivity index (χ1) is 17.7. The van der Waals surface area contributed by atoms with Crippen molar-refractivity contribution >= 4 is 10.9 Å². The molecule has 0 aliphatic heterocycles. The van der Waals surface area contributed by atoms with Gasteiger partial charge in [-0.1, -0.05) is 50.1 Å². The molecule has 2 aromatic carbocycles. The van der Waals surface area contributed by atoms with Gasteiger partial charge in [0.1, 0.15) is 5.75 Å². The van der Waals surface area contributed by atoms with E-state index < -0.39 is 0 Å². The predicted octanol–water partition coefficient (Wildman–Crippen LogP) is 5.18. The standard InChI is InChI=1S/C28H34N6O2/c1-3-26(27-30-31-32-34(27)23-12-8-9-13-23)33(18-20-10-6-5-7-11-20)19-22-16-21-17-24(36-4-2)14-15-25(21)29-28(22)35/h5-7,10-11,14-17,23,26H,3-4,8-9,12-13,18-19H2,1-2H3,(H,29,35). The number of nitrogens with zero attached hydrogens (tertiary/aromatic N) is 5. The Labute approximate surface area is 211 Å². The molecule has 8 nitrogen and oxygen atoms in total. The molecule has 1 aliphatic rings. The molecule has 1 aliphatic carbocycles. The van der Waals surface area contributed by atoms with Gasteiger partial charge in [0.2, 0.25) is 0 Å². The summed E-state index contributed by atoms with van der Waals surface area (Å²) in [6.45, 7) is 5.90. The molecule has 36 heavy (non-hydrogen) atoms. The van der Waals surface area contributed by atoms with Crippen LogP contribution in [-0.4, -0.2) is 36.7 Å². The number of aromatic amines is 1. The third-order valence-corrected chi connectivity index (χ3v) is 7.12. The van der Waals surface area contributed by atoms with Crippen molar-refractivity contribution in [3.8, 4) is 5.75 Å². The lowest BCUT2D eigenvalue weighted by molar-refractivity contribution is 0.158. The van der Waals surface area contributed by atoms with E-state index in [4.69, 9.17) is 4.74 Å². The zero-order valence-corrected chi connectivity index (χ0v) is 21.1. The smallest absolute Gasteiger partial charge is 0.252 e. The molecule has 2 aromatic heterocycles. The Bertz CT molecular complexity index is 1340. The van der Waals surface area contributed by atoms with E-state index in [0.717, 1.165) is 41.7 Å². The summed E-state index contributed by atoms with van der Waals surface area (Å²) in [6, 6.07) is 18.5. The van der Waals surface area contributed by atoms with Crippen LogP contribution in [0.5, 0.6) is 5.75 Å². The first kappa shape index (κ1) is 24.2. The molecule has 1 atom stereocenters. The molecular weight excluding hydrogens is 452 g/mol. The molecule has 8 heteroatoms. The van der Waals surface area contributed by atoms with Gasteiger partial charge in [0.15, 0.2) is 5.82 Å². The summed E-state index contributed by atoms with van der Waals surface area (Å²) in [5.41, 5.74) is 2.63. The van der Waals surface area contributed by atoms with Crippen molar-refractivity contribution in [2.24, 2.45) is 0 Å². The highest BCUT2D eigenvalue weighted by Gasteiger charge is 2.29. The second-order valence-electron chi connectivity index (χ2n) is 9.54. The van der Waals surface area contributed by atoms with Crippen molar-refractivity contribution in [2.45, 2.75) is 71.1 Å². The Hall–Kier alpha value is -3.52. The summed E-state index contributed by atoms with van der Waals surface area (Å²) in [7, 11) is 0. The van der Waals surface area contributed by atoms with Crippen LogP contribution in [0.2, 0.25) is 0 Å². The van der Waals surface area contributed by atoms with Crippen LogP contribution < -0.4 is 10.3 Å². The topological polar surface area (TPSA) is 88.9 Å². The van der Waals surface area contributed by atoms with Gasteiger partial charge < -0.3 is 9.72 Å². The predicted molar refractivity (Wildman–Crippen MR) is 140 cm³/mol. The number of tetrazole rings is 1. The summed E-state index contributed by atoms with van der Waals surface area (Å²) < 4.78 is 7.72. The van der Waals surface area contributed by atoms with Gasteiger partial charge in [-0.25, -0.2) is 4.68 Å². The fourth-order valence-electron chi connectivity index (χ4n) is 5.35. The first-order valence-corrected chi connectivity index (χ1v) is 13.0. The summed E-state index contributed by atoms with van der Waals surface area (Å²) in [5, 5.41) is 13.9. The highest BCUT2D eigenvalue weighted by molar-refractivity contribution is 5.80. The Morgan fingerprint density at radius 1 is 1.08 bits per heavy atom. The molecule has 5 rings (SSSR count). The molecule has 1 saturated carbocycles. The van der Waals surface area contributed by atoms with Gasteiger partial charge in [-0.05, 0) is 66.4 Å². The van der Waals surface area contributed by atoms with Crippen LogP contribution in [0.1, 0.15) is 75.0 Å². The van der Waals surface area contributed by atoms with Gasteiger partial charge in [0.25, 0.3) is 5.56 Å². The Morgan fingerprint density at radius 3 is 2.64 bits per heavy atom. The molecular formula is C28H34N6O2. The van der Waals surface area contributed by atoms with Crippen LogP contribution in [0.25, 0.3) is 10.9 Å². The number of fused-ring (bicyclic) bond motifs is 1. The summed E-state index contributed by atoms with van der Waals surface area (Å²) in [5.74, 6) is 1.68. The number of rotatable bonds is 10. The van der Waals surface area contributed by atoms with Crippen LogP contribution in [0.3, 0.4) is 0 Å². The van der Waals surface area contributed by atoms with Crippen LogP contribution in [0, 0.1) is 0 Å². The van der Waals surface area contributed by atoms with Gasteiger partial charge in [0.05, 0.1) is 18.7 Å². The highest BCUT2D eigenvalue weighted by Crippen LogP contribution is 2.33. The van der Waals surface area contributed by atoms with Gasteiger partial charge >= 0.3 is 0 Å². The molecule has 1 N–H and O–H groups in total. The van der Waals surface area contributed by atoms with Gasteiger partial charge in [-0.2, -0.15) is 0 Å². The van der Waals surface area contributed by atoms with Gasteiger partial charge in [0, 0.05) is 29.6 Å². The van der Waals surface area contributed by atoms with Crippen LogP contribution in [-0.2, 0) is 13.1 Å². The minimum absolute atomic E-state index is 0.0225. The van der Waals surface area contributed by atoms with Crippen LogP contribution >= 0.6 is 0 Å². The lowest BCUT2D eigenvalue weighted by atomic mass is 10.1. The lowest BCUT2D eigenvalue weighted by Gasteiger charge is -2.31. The molecule has 0 radical (unpaired) electrons. The maximum absolute atomic E-state index is 13.1. The summed E-state index contributed by atoms with van der Waals surface area (Å²) >= 11 is 0. The van der Waals surface area contributed by atoms with Gasteiger partial charge in [-0.3, -0.25) is 9.69 Å². The van der Waals surface area contributed by atoms with Gasteiger partial charge in [-0.15, -0.1) is 5.10 Å². The van der Waals surface area contributed by atoms with E-state index in [2.05, 4.69) is 56.6 Å². The maximum atomic E-state index is 13.1. The Morgan fingerprint density at radius 2 is 1.89 bits per heavy atom. The second kappa shape index (κ2) is 11.0. The van der Waals surface area contributed by atoms with E-state index in [1.807, 2.05) is 41.9 Å². The third kappa shape index (κ3) is 5.18. The molecule has 0 saturated heterocycles. The van der Waals surface area contributed by atoms with E-state index in [0.29, 0.717) is 31.3 Å². The molecule has 0 amide bonds. The number of hydrogen-bond acceptors (Lipinski definition) is 6. The zero-order chi connectivity index (χ0) is 24.9. The summed E-state index contributed by atoms with van der Waals surface area (Å²) in [4.78, 5) is 18.5. The number of benzene rings is 2. The summed E-state index contributed by atoms with van der Waals surface area (Å²) in [6.07, 6.45) is 5.48. The number of hydrogen-bond donors (Lipinski definition) is 1. The molecule has 4 aromatic rings. The zero-order valence-electron chi connectivity index (χ0n) is 21.1. The average Bonchev–Trinajstić information content (AvgIpc) is 3.58. The number of pyridine rings is 1. The monoisotopic (exact) mass is 486 g/mol. The molecule has 2 heterocycles. The highest BCUT2D eigenvalue weighted by atomic mass is 16.5. The van der Waals surface area contributed by atoms with E-state index in [-0.39, 0.29) is 11.6 Å². The molecule has 1 unspecified atom stereocenters. The quantitative estimate of drug-likeness (QED) is 0.332. The van der Waals surface area contributed by atoms with Crippen molar-refractivity contribution in [3.05, 3.63) is 81.9 Å². The largest absolute Gasteiger partial charge is 0.494 e. The SMILES string of the molecule is CCOc1ccc2[nH]c(=O)c(CN(Cc3ccccc3)C(CC)c3nnnn3C3CCCC3)cc2c1. The lowest BCUT2D eigenvalue weighted by Crippen LogP contribution is -2.32. The molecule has 188 valence electrons. The normalized spacial score (nSPS) is 15.1. The number of nitrogens with one attached hydrogen (secondary N) is 1. The number of H-pyrrole nitrogens is 1. The minimum Gasteiger partial charge on any atom is -0.494 e. The minimum atomic E-state index is -0.0741. The van der Waals surface area contributed by atoms with E-state index in [1.165, 1.54) is 18.4 Å². The second-order valence-corrected chi connectivity index (χ2v) is 9.54. The van der Waals surface area contributed by atoms with Crippen LogP contribution in [0.4, 0.5) is 0 Å². The Balaban J connectivity index is 1.52. The fourth-order valence-corrected chi connectivity index (χ4v) is 5.35. The fraction of sp³-hybridized carbons (Fsp3) is 0.429. The molecule has 0 spiro atoms. The van der Waals surface area contributed by atoms with E-state index in [1.54, 1.807) is 0 Å². The first-order valence-electron chi connectivity index (χ1n) is 13.0. The van der Waals surface area contributed by atoms with Crippen LogP contribution in [0.15, 0.2) is 59.4 Å². The Kier molecular flexibility index (Phi) is 7.41. The molecule has 0 bridgehead atoms. The third-order valence-electron chi connectivity index (χ3n) is 7.12. The van der Waals surface area contributed by atoms with Crippen molar-refractivity contribution in [1.29, 1.82) is 0 Å². The van der Waals surface area contributed by atoms with E-state index >= 15 is 0 Å². The van der Waals surface area contributed by atoms with E-state index in [9.17, 15) is 4.79 Å². The number of ether oxygens (including phenoxy) is 1. The van der Waals surface area contributed by atoms with Crippen molar-refractivity contribution in [1.82, 2.24) is 30.1 Å². The maximum Gasteiger partial charge on any atom is 0.252 e.